The molecule has 0 aliphatic carbocycles. The molecule has 2 atom stereocenters. The van der Waals surface area contributed by atoms with Crippen LogP contribution in [-0.4, -0.2) is 61.6 Å². The number of methoxy groups -OCH3 is 1. The van der Waals surface area contributed by atoms with Crippen LogP contribution in [0.4, 0.5) is 0 Å². The first-order chi connectivity index (χ1) is 14.6. The van der Waals surface area contributed by atoms with Gasteiger partial charge in [-0.05, 0) is 25.1 Å². The molecule has 0 N–H and O–H groups in total. The van der Waals surface area contributed by atoms with E-state index in [1.807, 2.05) is 65.3 Å². The van der Waals surface area contributed by atoms with Crippen molar-refractivity contribution < 1.29 is 19.1 Å². The van der Waals surface area contributed by atoms with Crippen molar-refractivity contribution in [1.82, 2.24) is 9.80 Å². The summed E-state index contributed by atoms with van der Waals surface area (Å²) in [6, 6.07) is 15.4. The predicted molar refractivity (Wildman–Crippen MR) is 113 cm³/mol. The van der Waals surface area contributed by atoms with Gasteiger partial charge in [-0.25, -0.2) is 0 Å². The number of carbonyl (C=O) groups excluding carboxylic acids is 2. The number of carbonyl (C=O) groups is 2. The van der Waals surface area contributed by atoms with Gasteiger partial charge in [-0.1, -0.05) is 35.9 Å². The Morgan fingerprint density at radius 1 is 1.17 bits per heavy atom. The first-order valence-corrected chi connectivity index (χ1v) is 10.4. The Balaban J connectivity index is 1.71. The van der Waals surface area contributed by atoms with E-state index in [0.29, 0.717) is 44.8 Å². The van der Waals surface area contributed by atoms with Gasteiger partial charge in [0.25, 0.3) is 5.91 Å². The van der Waals surface area contributed by atoms with E-state index in [1.54, 1.807) is 7.11 Å². The predicted octanol–water partition coefficient (Wildman–Crippen LogP) is 3.07. The van der Waals surface area contributed by atoms with Crippen molar-refractivity contribution >= 4 is 11.8 Å². The molecule has 6 heteroatoms. The summed E-state index contributed by atoms with van der Waals surface area (Å²) in [6.45, 7) is 4.43. The van der Waals surface area contributed by atoms with Gasteiger partial charge in [-0.15, -0.1) is 0 Å². The number of ether oxygens (including phenoxy) is 2. The monoisotopic (exact) mass is 408 g/mol. The molecule has 4 rings (SSSR count). The highest BCUT2D eigenvalue weighted by molar-refractivity contribution is 5.95. The molecule has 0 bridgehead atoms. The largest absolute Gasteiger partial charge is 0.493 e. The van der Waals surface area contributed by atoms with Crippen LogP contribution in [0.25, 0.3) is 0 Å². The number of hydrogen-bond acceptors (Lipinski definition) is 4. The molecule has 30 heavy (non-hydrogen) atoms. The summed E-state index contributed by atoms with van der Waals surface area (Å²) >= 11 is 0. The van der Waals surface area contributed by atoms with Crippen molar-refractivity contribution in [1.29, 1.82) is 0 Å². The van der Waals surface area contributed by atoms with Gasteiger partial charge in [0.15, 0.2) is 0 Å². The third-order valence-electron chi connectivity index (χ3n) is 5.97. The Bertz CT molecular complexity index is 912. The van der Waals surface area contributed by atoms with Crippen LogP contribution in [0, 0.1) is 12.8 Å². The van der Waals surface area contributed by atoms with Crippen molar-refractivity contribution in [2.45, 2.75) is 19.4 Å². The van der Waals surface area contributed by atoms with Crippen LogP contribution in [0.3, 0.4) is 0 Å². The number of hydrogen-bond donors (Lipinski definition) is 0. The number of aryl methyl sites for hydroxylation is 1. The summed E-state index contributed by atoms with van der Waals surface area (Å²) in [5, 5.41) is 0. The molecule has 0 spiro atoms. The average Bonchev–Trinajstić information content (AvgIpc) is 2.76. The molecule has 0 radical (unpaired) electrons. The van der Waals surface area contributed by atoms with Crippen LogP contribution in [0.15, 0.2) is 48.5 Å². The topological polar surface area (TPSA) is 59.1 Å². The van der Waals surface area contributed by atoms with E-state index < -0.39 is 0 Å². The second-order valence-electron chi connectivity index (χ2n) is 8.00. The lowest BCUT2D eigenvalue weighted by atomic mass is 9.87. The molecule has 2 aliphatic heterocycles. The molecule has 1 fully saturated rings. The van der Waals surface area contributed by atoms with Crippen molar-refractivity contribution in [2.24, 2.45) is 5.92 Å². The maximum atomic E-state index is 13.5. The average molecular weight is 408 g/mol. The van der Waals surface area contributed by atoms with Crippen molar-refractivity contribution in [3.63, 3.8) is 0 Å². The van der Waals surface area contributed by atoms with Crippen molar-refractivity contribution in [3.8, 4) is 5.75 Å². The minimum absolute atomic E-state index is 0.00426. The Kier molecular flexibility index (Phi) is 6.04. The van der Waals surface area contributed by atoms with Gasteiger partial charge in [0, 0.05) is 50.2 Å². The number of amides is 2. The summed E-state index contributed by atoms with van der Waals surface area (Å²) in [4.78, 5) is 30.1. The Morgan fingerprint density at radius 2 is 1.93 bits per heavy atom. The maximum Gasteiger partial charge on any atom is 0.254 e. The van der Waals surface area contributed by atoms with Crippen LogP contribution < -0.4 is 4.74 Å². The van der Waals surface area contributed by atoms with E-state index in [4.69, 9.17) is 9.47 Å². The van der Waals surface area contributed by atoms with Gasteiger partial charge in [0.1, 0.15) is 5.75 Å². The minimum Gasteiger partial charge on any atom is -0.493 e. The molecule has 158 valence electrons. The van der Waals surface area contributed by atoms with Gasteiger partial charge in [0.2, 0.25) is 5.91 Å². The molecule has 2 aromatic carbocycles. The van der Waals surface area contributed by atoms with E-state index in [9.17, 15) is 9.59 Å². The van der Waals surface area contributed by atoms with Crippen LogP contribution in [-0.2, 0) is 9.53 Å². The van der Waals surface area contributed by atoms with Crippen molar-refractivity contribution in [3.05, 3.63) is 65.2 Å². The quantitative estimate of drug-likeness (QED) is 0.780. The molecule has 0 aromatic heterocycles. The van der Waals surface area contributed by atoms with Gasteiger partial charge in [0.05, 0.1) is 19.3 Å². The molecule has 2 aromatic rings. The SMILES string of the molecule is COCCN1C[C@H]2COc3ccccc3[C@H]2N(C(=O)c2ccc(C)cc2)CCC1=O. The molecule has 2 amide bonds. The Labute approximate surface area is 177 Å². The van der Waals surface area contributed by atoms with E-state index >= 15 is 0 Å². The molecular weight excluding hydrogens is 380 g/mol. The van der Waals surface area contributed by atoms with Crippen LogP contribution >= 0.6 is 0 Å². The summed E-state index contributed by atoms with van der Waals surface area (Å²) in [6.07, 6.45) is 0.299. The second kappa shape index (κ2) is 8.88. The fraction of sp³-hybridized carbons (Fsp3) is 0.417. The third kappa shape index (κ3) is 4.05. The third-order valence-corrected chi connectivity index (χ3v) is 5.97. The molecule has 1 saturated heterocycles. The normalized spacial score (nSPS) is 21.2. The van der Waals surface area contributed by atoms with E-state index in [1.165, 1.54) is 0 Å². The van der Waals surface area contributed by atoms with E-state index in [-0.39, 0.29) is 23.8 Å². The highest BCUT2D eigenvalue weighted by Crippen LogP contribution is 2.41. The molecule has 0 unspecified atom stereocenters. The Hall–Kier alpha value is -2.86. The number of benzene rings is 2. The molecule has 6 nitrogen and oxygen atoms in total. The van der Waals surface area contributed by atoms with Gasteiger partial charge >= 0.3 is 0 Å². The number of rotatable bonds is 4. The highest BCUT2D eigenvalue weighted by atomic mass is 16.5. The van der Waals surface area contributed by atoms with E-state index in [2.05, 4.69) is 0 Å². The molecular formula is C24H28N2O4. The van der Waals surface area contributed by atoms with Crippen LogP contribution in [0.1, 0.15) is 33.9 Å². The lowest BCUT2D eigenvalue weighted by Crippen LogP contribution is -2.51. The lowest BCUT2D eigenvalue weighted by molar-refractivity contribution is -0.135. The van der Waals surface area contributed by atoms with Crippen LogP contribution in [0.2, 0.25) is 0 Å². The summed E-state index contributed by atoms with van der Waals surface area (Å²) < 4.78 is 11.2. The molecule has 2 aliphatic rings. The zero-order valence-electron chi connectivity index (χ0n) is 17.5. The fourth-order valence-corrected chi connectivity index (χ4v) is 4.38. The van der Waals surface area contributed by atoms with E-state index in [0.717, 1.165) is 16.9 Å². The highest BCUT2D eigenvalue weighted by Gasteiger charge is 2.40. The molecule has 2 heterocycles. The first kappa shape index (κ1) is 20.4. The van der Waals surface area contributed by atoms with Gasteiger partial charge < -0.3 is 19.3 Å². The fourth-order valence-electron chi connectivity index (χ4n) is 4.38. The van der Waals surface area contributed by atoms with Crippen LogP contribution in [0.5, 0.6) is 5.75 Å². The maximum absolute atomic E-state index is 13.5. The minimum atomic E-state index is -0.137. The lowest BCUT2D eigenvalue weighted by Gasteiger charge is -2.44. The van der Waals surface area contributed by atoms with Crippen molar-refractivity contribution in [2.75, 3.05) is 40.0 Å². The summed E-state index contributed by atoms with van der Waals surface area (Å²) in [5.41, 5.74) is 2.76. The Morgan fingerprint density at radius 3 is 2.70 bits per heavy atom. The first-order valence-electron chi connectivity index (χ1n) is 10.4. The number of nitrogens with zero attached hydrogens (tertiary/aromatic N) is 2. The van der Waals surface area contributed by atoms with Gasteiger partial charge in [-0.2, -0.15) is 0 Å². The molecule has 0 saturated carbocycles. The number of para-hydroxylation sites is 1. The van der Waals surface area contributed by atoms with Gasteiger partial charge in [-0.3, -0.25) is 9.59 Å². The summed E-state index contributed by atoms with van der Waals surface area (Å²) in [7, 11) is 1.64. The smallest absolute Gasteiger partial charge is 0.254 e. The second-order valence-corrected chi connectivity index (χ2v) is 8.00. The zero-order valence-corrected chi connectivity index (χ0v) is 17.5. The zero-order chi connectivity index (χ0) is 21.1. The summed E-state index contributed by atoms with van der Waals surface area (Å²) in [5.74, 6) is 0.817. The standard InChI is InChI=1S/C24H28N2O4/c1-17-7-9-18(10-8-17)24(28)26-12-11-22(27)25(13-14-29-2)15-19-16-30-21-6-4-3-5-20(21)23(19)26/h3-10,19,23H,11-16H2,1-2H3/t19-,23-/m0/s1. The number of fused-ring (bicyclic) bond motifs is 3.